The molecule has 0 radical (unpaired) electrons. The minimum Gasteiger partial charge on any atom is -0.459 e. The van der Waals surface area contributed by atoms with Gasteiger partial charge >= 0.3 is 5.91 Å². The van der Waals surface area contributed by atoms with Crippen LogP contribution in [0.1, 0.15) is 34.4 Å². The van der Waals surface area contributed by atoms with Gasteiger partial charge in [-0.2, -0.15) is 0 Å². The van der Waals surface area contributed by atoms with E-state index in [2.05, 4.69) is 22.2 Å². The molecule has 112 valence electrons. The molecule has 2 aromatic heterocycles. The Morgan fingerprint density at radius 2 is 2.19 bits per heavy atom. The number of hydrogen-bond donors (Lipinski definition) is 2. The Morgan fingerprint density at radius 3 is 2.86 bits per heavy atom. The Hall–Kier alpha value is -2.18. The van der Waals surface area contributed by atoms with Gasteiger partial charge in [0.05, 0.1) is 12.0 Å². The van der Waals surface area contributed by atoms with Gasteiger partial charge in [-0.3, -0.25) is 20.1 Å². The number of aryl methyl sites for hydroxylation is 1. The minimum atomic E-state index is -0.417. The Balaban J connectivity index is 2.09. The fraction of sp³-hybridized carbons (Fsp3) is 0.333. The zero-order valence-electron chi connectivity index (χ0n) is 12.3. The molecule has 0 saturated carbocycles. The number of hydrogen-bond acceptors (Lipinski definition) is 5. The number of nitrogens with one attached hydrogen (secondary N) is 1. The van der Waals surface area contributed by atoms with Gasteiger partial charge < -0.3 is 4.42 Å². The quantitative estimate of drug-likeness (QED) is 0.479. The van der Waals surface area contributed by atoms with Crippen molar-refractivity contribution in [2.45, 2.75) is 26.9 Å². The monoisotopic (exact) mass is 288 g/mol. The minimum absolute atomic E-state index is 0.258. The summed E-state index contributed by atoms with van der Waals surface area (Å²) < 4.78 is 5.20. The van der Waals surface area contributed by atoms with Crippen molar-refractivity contribution in [1.82, 2.24) is 15.3 Å². The van der Waals surface area contributed by atoms with Gasteiger partial charge in [0.15, 0.2) is 5.76 Å². The maximum absolute atomic E-state index is 11.6. The lowest BCUT2D eigenvalue weighted by atomic mass is 10.2. The van der Waals surface area contributed by atoms with Gasteiger partial charge in [0.25, 0.3) is 0 Å². The van der Waals surface area contributed by atoms with E-state index in [-0.39, 0.29) is 5.76 Å². The fourth-order valence-corrected chi connectivity index (χ4v) is 2.16. The molecule has 0 aliphatic heterocycles. The summed E-state index contributed by atoms with van der Waals surface area (Å²) in [6.45, 7) is 6.20. The van der Waals surface area contributed by atoms with Gasteiger partial charge in [-0.1, -0.05) is 13.0 Å². The zero-order valence-corrected chi connectivity index (χ0v) is 12.3. The summed E-state index contributed by atoms with van der Waals surface area (Å²) in [5, 5.41) is 0. The Morgan fingerprint density at radius 1 is 1.38 bits per heavy atom. The van der Waals surface area contributed by atoms with E-state index in [1.165, 1.54) is 6.26 Å². The number of aromatic nitrogens is 1. The zero-order chi connectivity index (χ0) is 15.2. The third kappa shape index (κ3) is 3.90. The van der Waals surface area contributed by atoms with Crippen LogP contribution in [0.25, 0.3) is 0 Å². The van der Waals surface area contributed by atoms with Gasteiger partial charge in [-0.25, -0.2) is 5.84 Å². The molecule has 2 aromatic rings. The van der Waals surface area contributed by atoms with Crippen molar-refractivity contribution in [3.63, 3.8) is 0 Å². The van der Waals surface area contributed by atoms with Gasteiger partial charge in [0.1, 0.15) is 0 Å². The fourth-order valence-electron chi connectivity index (χ4n) is 2.16. The van der Waals surface area contributed by atoms with Crippen LogP contribution in [0.15, 0.2) is 34.9 Å². The molecule has 0 aliphatic rings. The highest BCUT2D eigenvalue weighted by Gasteiger charge is 2.16. The Kier molecular flexibility index (Phi) is 5.08. The lowest BCUT2D eigenvalue weighted by Gasteiger charge is -2.19. The van der Waals surface area contributed by atoms with Crippen molar-refractivity contribution >= 4 is 5.91 Å². The summed E-state index contributed by atoms with van der Waals surface area (Å²) in [5.41, 5.74) is 4.91. The third-order valence-electron chi connectivity index (χ3n) is 3.26. The second kappa shape index (κ2) is 7.01. The molecule has 1 amide bonds. The number of carbonyl (C=O) groups is 1. The van der Waals surface area contributed by atoms with E-state index < -0.39 is 5.91 Å². The maximum Gasteiger partial charge on any atom is 0.301 e. The molecule has 2 rings (SSSR count). The number of rotatable bonds is 6. The van der Waals surface area contributed by atoms with Crippen molar-refractivity contribution < 1.29 is 9.21 Å². The van der Waals surface area contributed by atoms with Crippen molar-refractivity contribution in [3.8, 4) is 0 Å². The predicted octanol–water partition coefficient (Wildman–Crippen LogP) is 1.61. The smallest absolute Gasteiger partial charge is 0.301 e. The number of nitrogens with zero attached hydrogens (tertiary/aromatic N) is 2. The number of carbonyl (C=O) groups excluding carboxylic acids is 1. The molecule has 0 bridgehead atoms. The summed E-state index contributed by atoms with van der Waals surface area (Å²) in [7, 11) is 0. The Labute approximate surface area is 123 Å². The second-order valence-electron chi connectivity index (χ2n) is 4.82. The topological polar surface area (TPSA) is 84.4 Å². The highest BCUT2D eigenvalue weighted by atomic mass is 16.3. The molecule has 0 saturated heterocycles. The number of nitrogens with two attached hydrogens (primary N) is 1. The van der Waals surface area contributed by atoms with E-state index in [0.717, 1.165) is 23.5 Å². The molecule has 0 aromatic carbocycles. The van der Waals surface area contributed by atoms with Crippen LogP contribution in [-0.4, -0.2) is 22.3 Å². The normalized spacial score (nSPS) is 10.9. The molecule has 0 aliphatic carbocycles. The van der Waals surface area contributed by atoms with Crippen molar-refractivity contribution in [2.24, 2.45) is 5.84 Å². The Bertz CT molecular complexity index is 609. The van der Waals surface area contributed by atoms with E-state index >= 15 is 0 Å². The molecular weight excluding hydrogens is 268 g/mol. The van der Waals surface area contributed by atoms with Gasteiger partial charge in [0.2, 0.25) is 0 Å². The second-order valence-corrected chi connectivity index (χ2v) is 4.82. The van der Waals surface area contributed by atoms with Crippen LogP contribution < -0.4 is 11.3 Å². The van der Waals surface area contributed by atoms with Gasteiger partial charge in [0, 0.05) is 24.3 Å². The number of nitrogen functional groups attached to an aromatic ring is 1. The van der Waals surface area contributed by atoms with E-state index in [0.29, 0.717) is 13.1 Å². The average molecular weight is 288 g/mol. The third-order valence-corrected chi connectivity index (χ3v) is 3.26. The molecule has 3 N–H and O–H groups in total. The summed E-state index contributed by atoms with van der Waals surface area (Å²) in [6.07, 6.45) is 1.50. The number of hydrazine groups is 1. The molecule has 0 atom stereocenters. The van der Waals surface area contributed by atoms with Crippen LogP contribution in [0, 0.1) is 6.92 Å². The summed E-state index contributed by atoms with van der Waals surface area (Å²) in [4.78, 5) is 18.3. The van der Waals surface area contributed by atoms with Crippen LogP contribution in [-0.2, 0) is 13.1 Å². The van der Waals surface area contributed by atoms with Crippen LogP contribution in [0.3, 0.4) is 0 Å². The molecule has 0 fully saturated rings. The van der Waals surface area contributed by atoms with Gasteiger partial charge in [-0.15, -0.1) is 0 Å². The molecule has 0 spiro atoms. The summed E-state index contributed by atoms with van der Waals surface area (Å²) in [6, 6.07) is 7.76. The summed E-state index contributed by atoms with van der Waals surface area (Å²) >= 11 is 0. The maximum atomic E-state index is 11.6. The molecular formula is C15H20N4O2. The van der Waals surface area contributed by atoms with Crippen LogP contribution in [0.2, 0.25) is 0 Å². The summed E-state index contributed by atoms with van der Waals surface area (Å²) in [5.74, 6) is 4.99. The largest absolute Gasteiger partial charge is 0.459 e. The van der Waals surface area contributed by atoms with E-state index in [1.807, 2.05) is 25.1 Å². The standard InChI is InChI=1S/C15H20N4O2/c1-3-19(10-13-6-4-5-11(2)17-13)9-12-7-8-21-14(12)15(20)18-16/h4-8H,3,9-10,16H2,1-2H3,(H,18,20). The number of furan rings is 1. The number of pyridine rings is 1. The van der Waals surface area contributed by atoms with E-state index in [1.54, 1.807) is 6.07 Å². The first-order valence-electron chi connectivity index (χ1n) is 6.86. The van der Waals surface area contributed by atoms with Crippen LogP contribution in [0.5, 0.6) is 0 Å². The SMILES string of the molecule is CCN(Cc1cccc(C)n1)Cc1ccoc1C(=O)NN. The average Bonchev–Trinajstić information content (AvgIpc) is 2.94. The lowest BCUT2D eigenvalue weighted by Crippen LogP contribution is -2.31. The van der Waals surface area contributed by atoms with Crippen molar-refractivity contribution in [1.29, 1.82) is 0 Å². The van der Waals surface area contributed by atoms with Crippen molar-refractivity contribution in [3.05, 3.63) is 53.2 Å². The lowest BCUT2D eigenvalue weighted by molar-refractivity contribution is 0.0923. The van der Waals surface area contributed by atoms with Crippen LogP contribution in [0.4, 0.5) is 0 Å². The first-order valence-corrected chi connectivity index (χ1v) is 6.86. The molecule has 6 nitrogen and oxygen atoms in total. The van der Waals surface area contributed by atoms with E-state index in [9.17, 15) is 4.79 Å². The molecule has 0 unspecified atom stereocenters. The molecule has 6 heteroatoms. The molecule has 2 heterocycles. The first-order chi connectivity index (χ1) is 10.1. The first kappa shape index (κ1) is 15.2. The van der Waals surface area contributed by atoms with E-state index in [4.69, 9.17) is 10.3 Å². The highest BCUT2D eigenvalue weighted by Crippen LogP contribution is 2.15. The highest BCUT2D eigenvalue weighted by molar-refractivity contribution is 5.92. The molecule has 21 heavy (non-hydrogen) atoms. The van der Waals surface area contributed by atoms with Gasteiger partial charge in [-0.05, 0) is 31.7 Å². The van der Waals surface area contributed by atoms with Crippen molar-refractivity contribution in [2.75, 3.05) is 6.54 Å². The van der Waals surface area contributed by atoms with Crippen LogP contribution >= 0.6 is 0 Å². The predicted molar refractivity (Wildman–Crippen MR) is 79.1 cm³/mol. The number of amides is 1.